The number of fused-ring (bicyclic) bond motifs is 1. The summed E-state index contributed by atoms with van der Waals surface area (Å²) >= 11 is 0. The maximum Gasteiger partial charge on any atom is 0.294 e. The molecule has 6 nitrogen and oxygen atoms in total. The Morgan fingerprint density at radius 1 is 1.28 bits per heavy atom. The molecule has 0 spiro atoms. The number of nitrogens with one attached hydrogen (secondary N) is 1. The number of nitrogen functional groups attached to an aromatic ring is 1. The van der Waals surface area contributed by atoms with E-state index >= 15 is 0 Å². The van der Waals surface area contributed by atoms with E-state index in [4.69, 9.17) is 10.3 Å². The molecule has 2 aromatic carbocycles. The molecule has 5 N–H and O–H groups in total. The molecule has 0 atom stereocenters. The lowest BCUT2D eigenvalue weighted by atomic mass is 10.1. The molecule has 0 aliphatic rings. The molecule has 18 heavy (non-hydrogen) atoms. The van der Waals surface area contributed by atoms with E-state index in [9.17, 15) is 13.5 Å². The number of rotatable bonds is 2. The highest BCUT2D eigenvalue weighted by atomic mass is 32.2. The zero-order valence-corrected chi connectivity index (χ0v) is 10.3. The summed E-state index contributed by atoms with van der Waals surface area (Å²) in [6.45, 7) is 0. The average Bonchev–Trinajstić information content (AvgIpc) is 2.27. The maximum absolute atomic E-state index is 11.0. The van der Waals surface area contributed by atoms with E-state index in [2.05, 4.69) is 5.32 Å². The van der Waals surface area contributed by atoms with Gasteiger partial charge >= 0.3 is 0 Å². The van der Waals surface area contributed by atoms with Gasteiger partial charge in [-0.3, -0.25) is 4.55 Å². The lowest BCUT2D eigenvalue weighted by Crippen LogP contribution is -2.00. The van der Waals surface area contributed by atoms with E-state index in [-0.39, 0.29) is 10.6 Å². The summed E-state index contributed by atoms with van der Waals surface area (Å²) < 4.78 is 31.0. The molecule has 0 saturated carbocycles. The second-order valence-corrected chi connectivity index (χ2v) is 5.21. The fraction of sp³-hybridized carbons (Fsp3) is 0.0909. The summed E-state index contributed by atoms with van der Waals surface area (Å²) in [4.78, 5) is -0.371. The number of nitrogens with two attached hydrogens (primary N) is 1. The van der Waals surface area contributed by atoms with Crippen LogP contribution in [0, 0.1) is 0 Å². The van der Waals surface area contributed by atoms with Crippen LogP contribution in [0.15, 0.2) is 29.2 Å². The topological polar surface area (TPSA) is 113 Å². The molecule has 0 amide bonds. The fourth-order valence-electron chi connectivity index (χ4n) is 1.81. The number of phenols is 1. The van der Waals surface area contributed by atoms with Crippen LogP contribution < -0.4 is 11.1 Å². The van der Waals surface area contributed by atoms with Crippen LogP contribution >= 0.6 is 0 Å². The number of anilines is 2. The Morgan fingerprint density at radius 2 is 1.94 bits per heavy atom. The van der Waals surface area contributed by atoms with Crippen molar-refractivity contribution in [1.29, 1.82) is 0 Å². The third kappa shape index (κ3) is 1.93. The van der Waals surface area contributed by atoms with Crippen LogP contribution in [-0.2, 0) is 10.1 Å². The third-order valence-electron chi connectivity index (χ3n) is 2.68. The predicted molar refractivity (Wildman–Crippen MR) is 69.4 cm³/mol. The van der Waals surface area contributed by atoms with Crippen LogP contribution in [0.25, 0.3) is 10.8 Å². The van der Waals surface area contributed by atoms with Gasteiger partial charge in [-0.15, -0.1) is 0 Å². The van der Waals surface area contributed by atoms with Crippen molar-refractivity contribution in [1.82, 2.24) is 0 Å². The van der Waals surface area contributed by atoms with Gasteiger partial charge in [-0.1, -0.05) is 6.07 Å². The first-order chi connectivity index (χ1) is 8.34. The minimum Gasteiger partial charge on any atom is -0.507 e. The van der Waals surface area contributed by atoms with Crippen LogP contribution in [0.3, 0.4) is 0 Å². The molecule has 0 fully saturated rings. The molecule has 0 aliphatic heterocycles. The van der Waals surface area contributed by atoms with Gasteiger partial charge in [0.1, 0.15) is 5.75 Å². The lowest BCUT2D eigenvalue weighted by molar-refractivity contribution is 0.471. The van der Waals surface area contributed by atoms with Crippen LogP contribution in [0.1, 0.15) is 0 Å². The number of phenolic OH excluding ortho intramolecular Hbond substituents is 1. The third-order valence-corrected chi connectivity index (χ3v) is 3.51. The van der Waals surface area contributed by atoms with E-state index in [1.807, 2.05) is 0 Å². The highest BCUT2D eigenvalue weighted by molar-refractivity contribution is 7.85. The summed E-state index contributed by atoms with van der Waals surface area (Å²) in [5.41, 5.74) is 6.79. The Balaban J connectivity index is 2.86. The molecule has 0 saturated heterocycles. The van der Waals surface area contributed by atoms with Gasteiger partial charge in [-0.2, -0.15) is 8.42 Å². The summed E-state index contributed by atoms with van der Waals surface area (Å²) in [5, 5.41) is 13.5. The van der Waals surface area contributed by atoms with Crippen molar-refractivity contribution in [3.8, 4) is 5.75 Å². The van der Waals surface area contributed by atoms with E-state index in [0.29, 0.717) is 22.1 Å². The van der Waals surface area contributed by atoms with E-state index in [1.54, 1.807) is 19.2 Å². The Bertz CT molecular complexity index is 725. The van der Waals surface area contributed by atoms with Gasteiger partial charge in [0.2, 0.25) is 0 Å². The quantitative estimate of drug-likeness (QED) is 0.484. The molecule has 0 radical (unpaired) electrons. The van der Waals surface area contributed by atoms with Crippen LogP contribution in [0.4, 0.5) is 11.4 Å². The van der Waals surface area contributed by atoms with Crippen LogP contribution in [0.2, 0.25) is 0 Å². The number of benzene rings is 2. The van der Waals surface area contributed by atoms with E-state index in [0.717, 1.165) is 6.07 Å². The first-order valence-corrected chi connectivity index (χ1v) is 6.49. The molecule has 96 valence electrons. The number of aromatic hydroxyl groups is 1. The second kappa shape index (κ2) is 4.04. The van der Waals surface area contributed by atoms with Gasteiger partial charge in [-0.25, -0.2) is 0 Å². The standard InChI is InChI=1S/C11H12N2O4S/c1-13-8-3-2-6-4-7(18(15,16)17)5-9(14)10(6)11(8)12/h2-5,13-14H,12H2,1H3,(H,15,16,17). The fourth-order valence-corrected chi connectivity index (χ4v) is 2.35. The smallest absolute Gasteiger partial charge is 0.294 e. The zero-order chi connectivity index (χ0) is 13.5. The summed E-state index contributed by atoms with van der Waals surface area (Å²) in [7, 11) is -2.68. The number of hydrogen-bond acceptors (Lipinski definition) is 5. The minimum atomic E-state index is -4.36. The Kier molecular flexibility index (Phi) is 2.80. The second-order valence-electron chi connectivity index (χ2n) is 3.79. The first kappa shape index (κ1) is 12.5. The molecule has 0 unspecified atom stereocenters. The highest BCUT2D eigenvalue weighted by Gasteiger charge is 2.15. The predicted octanol–water partition coefficient (Wildman–Crippen LogP) is 1.42. The largest absolute Gasteiger partial charge is 0.507 e. The van der Waals surface area contributed by atoms with Crippen molar-refractivity contribution in [3.05, 3.63) is 24.3 Å². The summed E-state index contributed by atoms with van der Waals surface area (Å²) in [6.07, 6.45) is 0. The summed E-state index contributed by atoms with van der Waals surface area (Å²) in [6, 6.07) is 5.48. The van der Waals surface area contributed by atoms with Gasteiger partial charge in [-0.05, 0) is 17.5 Å². The monoisotopic (exact) mass is 268 g/mol. The molecule has 0 aromatic heterocycles. The van der Waals surface area contributed by atoms with Crippen molar-refractivity contribution in [3.63, 3.8) is 0 Å². The van der Waals surface area contributed by atoms with E-state index < -0.39 is 10.1 Å². The van der Waals surface area contributed by atoms with Crippen molar-refractivity contribution >= 4 is 32.3 Å². The summed E-state index contributed by atoms with van der Waals surface area (Å²) in [5.74, 6) is -0.297. The van der Waals surface area contributed by atoms with Gasteiger partial charge in [0.15, 0.2) is 0 Å². The van der Waals surface area contributed by atoms with Crippen LogP contribution in [0.5, 0.6) is 5.75 Å². The van der Waals surface area contributed by atoms with Gasteiger partial charge in [0, 0.05) is 18.5 Å². The Labute approximate surface area is 104 Å². The molecule has 2 aromatic rings. The van der Waals surface area contributed by atoms with Gasteiger partial charge < -0.3 is 16.2 Å². The van der Waals surface area contributed by atoms with Crippen molar-refractivity contribution in [2.75, 3.05) is 18.1 Å². The zero-order valence-electron chi connectivity index (χ0n) is 9.51. The lowest BCUT2D eigenvalue weighted by Gasteiger charge is -2.11. The van der Waals surface area contributed by atoms with Gasteiger partial charge in [0.25, 0.3) is 10.1 Å². The van der Waals surface area contributed by atoms with Crippen LogP contribution in [-0.4, -0.2) is 25.1 Å². The van der Waals surface area contributed by atoms with Gasteiger partial charge in [0.05, 0.1) is 16.3 Å². The Hall–Kier alpha value is -1.99. The Morgan fingerprint density at radius 3 is 2.50 bits per heavy atom. The van der Waals surface area contributed by atoms with Crippen molar-refractivity contribution in [2.45, 2.75) is 4.90 Å². The molecule has 7 heteroatoms. The molecule has 0 bridgehead atoms. The number of hydrogen-bond donors (Lipinski definition) is 4. The van der Waals surface area contributed by atoms with E-state index in [1.165, 1.54) is 6.07 Å². The molecular formula is C11H12N2O4S. The molecule has 0 aliphatic carbocycles. The minimum absolute atomic E-state index is 0.297. The normalized spacial score (nSPS) is 11.7. The van der Waals surface area contributed by atoms with Crippen molar-refractivity contribution < 1.29 is 18.1 Å². The molecule has 2 rings (SSSR count). The molecular weight excluding hydrogens is 256 g/mol. The highest BCUT2D eigenvalue weighted by Crippen LogP contribution is 2.36. The SMILES string of the molecule is CNc1ccc2cc(S(=O)(=O)O)cc(O)c2c1N. The average molecular weight is 268 g/mol. The van der Waals surface area contributed by atoms with Crippen molar-refractivity contribution in [2.24, 2.45) is 0 Å². The first-order valence-electron chi connectivity index (χ1n) is 5.05. The maximum atomic E-state index is 11.0. The molecule has 0 heterocycles.